The van der Waals surface area contributed by atoms with Crippen molar-refractivity contribution in [2.75, 3.05) is 6.61 Å². The summed E-state index contributed by atoms with van der Waals surface area (Å²) >= 11 is 1.27. The normalized spacial score (nSPS) is 19.1. The van der Waals surface area contributed by atoms with Crippen LogP contribution in [0.5, 0.6) is 0 Å². The van der Waals surface area contributed by atoms with Gasteiger partial charge in [-0.05, 0) is 17.7 Å². The molecule has 0 bridgehead atoms. The van der Waals surface area contributed by atoms with E-state index in [4.69, 9.17) is 9.47 Å². The first-order valence-corrected chi connectivity index (χ1v) is 10.4. The molecule has 0 saturated carbocycles. The molecule has 4 rings (SSSR count). The van der Waals surface area contributed by atoms with Crippen molar-refractivity contribution in [3.05, 3.63) is 63.2 Å². The van der Waals surface area contributed by atoms with Crippen LogP contribution in [0.15, 0.2) is 41.7 Å². The van der Waals surface area contributed by atoms with Crippen molar-refractivity contribution in [3.8, 4) is 0 Å². The Labute approximate surface area is 185 Å². The lowest BCUT2D eigenvalue weighted by atomic mass is 9.98. The predicted molar refractivity (Wildman–Crippen MR) is 108 cm³/mol. The van der Waals surface area contributed by atoms with Crippen molar-refractivity contribution < 1.29 is 28.8 Å². The van der Waals surface area contributed by atoms with Gasteiger partial charge in [-0.15, -0.1) is 11.8 Å². The highest BCUT2D eigenvalue weighted by atomic mass is 32.2. The third-order valence-electron chi connectivity index (χ3n) is 4.83. The van der Waals surface area contributed by atoms with Crippen molar-refractivity contribution in [2.45, 2.75) is 18.4 Å². The number of hydrogen-bond acceptors (Lipinski definition) is 10. The second kappa shape index (κ2) is 8.78. The fraction of sp³-hybridized carbons (Fsp3) is 0.316. The summed E-state index contributed by atoms with van der Waals surface area (Å²) < 4.78 is 11.9. The number of esters is 2. The van der Waals surface area contributed by atoms with Crippen molar-refractivity contribution in [2.24, 2.45) is 13.0 Å². The summed E-state index contributed by atoms with van der Waals surface area (Å²) in [5.41, 5.74) is 0.632. The highest BCUT2D eigenvalue weighted by molar-refractivity contribution is 8.03. The average Bonchev–Trinajstić information content (AvgIpc) is 3.36. The third kappa shape index (κ3) is 4.32. The van der Waals surface area contributed by atoms with E-state index in [1.165, 1.54) is 51.9 Å². The minimum absolute atomic E-state index is 0.0629. The molecule has 1 aromatic carbocycles. The van der Waals surface area contributed by atoms with Gasteiger partial charge in [0.1, 0.15) is 43.0 Å². The number of rotatable bonds is 8. The van der Waals surface area contributed by atoms with Gasteiger partial charge in [0.25, 0.3) is 5.69 Å². The van der Waals surface area contributed by atoms with Gasteiger partial charge in [-0.3, -0.25) is 29.3 Å². The fourth-order valence-corrected chi connectivity index (χ4v) is 4.39. The molecule has 13 heteroatoms. The van der Waals surface area contributed by atoms with Gasteiger partial charge in [-0.25, -0.2) is 9.78 Å². The van der Waals surface area contributed by atoms with E-state index in [1.54, 1.807) is 12.5 Å². The molecule has 2 aliphatic rings. The summed E-state index contributed by atoms with van der Waals surface area (Å²) in [6.45, 7) is -0.189. The van der Waals surface area contributed by atoms with Gasteiger partial charge in [0, 0.05) is 24.6 Å². The van der Waals surface area contributed by atoms with E-state index in [9.17, 15) is 24.5 Å². The fourth-order valence-electron chi connectivity index (χ4n) is 3.19. The van der Waals surface area contributed by atoms with Crippen molar-refractivity contribution in [1.29, 1.82) is 0 Å². The number of nitro benzene ring substituents is 1. The molecule has 2 atom stereocenters. The molecule has 166 valence electrons. The molecule has 1 amide bonds. The molecular weight excluding hydrogens is 442 g/mol. The number of nitro groups is 1. The number of non-ortho nitro benzene ring substituents is 1. The molecule has 32 heavy (non-hydrogen) atoms. The molecule has 0 N–H and O–H groups in total. The van der Waals surface area contributed by atoms with E-state index in [2.05, 4.69) is 10.1 Å². The van der Waals surface area contributed by atoms with E-state index in [0.29, 0.717) is 11.4 Å². The number of aryl methyl sites for hydroxylation is 1. The number of aromatic nitrogens is 3. The summed E-state index contributed by atoms with van der Waals surface area (Å²) in [7, 11) is 1.68. The molecule has 2 aromatic rings. The summed E-state index contributed by atoms with van der Waals surface area (Å²) in [5, 5.41) is 15.9. The van der Waals surface area contributed by atoms with E-state index in [0.717, 1.165) is 0 Å². The number of fused-ring (bicyclic) bond motifs is 1. The second-order valence-corrected chi connectivity index (χ2v) is 8.03. The van der Waals surface area contributed by atoms with Crippen LogP contribution in [0.2, 0.25) is 0 Å². The lowest BCUT2D eigenvalue weighted by Crippen LogP contribution is -2.59. The Kier molecular flexibility index (Phi) is 5.90. The zero-order valence-corrected chi connectivity index (χ0v) is 17.6. The van der Waals surface area contributed by atoms with Crippen molar-refractivity contribution in [1.82, 2.24) is 19.7 Å². The summed E-state index contributed by atoms with van der Waals surface area (Å²) in [4.78, 5) is 52.3. The molecule has 1 fully saturated rings. The first-order chi connectivity index (χ1) is 15.3. The molecule has 12 nitrogen and oxygen atoms in total. The molecule has 0 aliphatic carbocycles. The molecule has 3 heterocycles. The second-order valence-electron chi connectivity index (χ2n) is 7.04. The Morgan fingerprint density at radius 2 is 2.00 bits per heavy atom. The Morgan fingerprint density at radius 3 is 2.66 bits per heavy atom. The van der Waals surface area contributed by atoms with E-state index < -0.39 is 22.8 Å². The number of β-lactam (4-membered cyclic amide) rings is 1. The van der Waals surface area contributed by atoms with Crippen LogP contribution in [0.1, 0.15) is 11.4 Å². The first kappa shape index (κ1) is 21.5. The van der Waals surface area contributed by atoms with Gasteiger partial charge in [-0.1, -0.05) is 0 Å². The number of ether oxygens (including phenoxy) is 2. The minimum atomic E-state index is -0.677. The van der Waals surface area contributed by atoms with Gasteiger partial charge in [-0.2, -0.15) is 5.10 Å². The van der Waals surface area contributed by atoms with Crippen LogP contribution in [0.4, 0.5) is 5.69 Å². The van der Waals surface area contributed by atoms with Crippen LogP contribution >= 0.6 is 11.8 Å². The SMILES string of the molecule is Cn1cnc(CC(=O)OCC2C(=O)N3C(C(=O)OCc4ccc([N+](=O)[O-])cc4)=CSC23)n1. The zero-order valence-electron chi connectivity index (χ0n) is 16.7. The predicted octanol–water partition coefficient (Wildman–Crippen LogP) is 0.925. The minimum Gasteiger partial charge on any atom is -0.464 e. The third-order valence-corrected chi connectivity index (χ3v) is 6.01. The summed E-state index contributed by atoms with van der Waals surface area (Å²) in [6, 6.07) is 5.62. The summed E-state index contributed by atoms with van der Waals surface area (Å²) in [6.07, 6.45) is 1.38. The standard InChI is InChI=1S/C19H17N5O7S/c1-22-10-20-15(21-22)6-16(25)30-8-13-17(26)23-14(9-32-18(13)23)19(27)31-7-11-2-4-12(5-3-11)24(28)29/h2-5,9-10,13,18H,6-8H2,1H3. The Hall–Kier alpha value is -3.74. The largest absolute Gasteiger partial charge is 0.464 e. The topological polar surface area (TPSA) is 147 Å². The molecular formula is C19H17N5O7S. The number of nitrogens with zero attached hydrogens (tertiary/aromatic N) is 5. The molecule has 0 spiro atoms. The van der Waals surface area contributed by atoms with Crippen molar-refractivity contribution >= 4 is 35.3 Å². The smallest absolute Gasteiger partial charge is 0.355 e. The monoisotopic (exact) mass is 459 g/mol. The highest BCUT2D eigenvalue weighted by Gasteiger charge is 2.54. The van der Waals surface area contributed by atoms with Crippen molar-refractivity contribution in [3.63, 3.8) is 0 Å². The lowest BCUT2D eigenvalue weighted by Gasteiger charge is -2.42. The van der Waals surface area contributed by atoms with Gasteiger partial charge in [0.2, 0.25) is 5.91 Å². The lowest BCUT2D eigenvalue weighted by molar-refractivity contribution is -0.384. The maximum Gasteiger partial charge on any atom is 0.355 e. The number of benzene rings is 1. The van der Waals surface area contributed by atoms with Gasteiger partial charge >= 0.3 is 11.9 Å². The van der Waals surface area contributed by atoms with E-state index >= 15 is 0 Å². The zero-order chi connectivity index (χ0) is 22.8. The highest BCUT2D eigenvalue weighted by Crippen LogP contribution is 2.45. The van der Waals surface area contributed by atoms with Crippen LogP contribution < -0.4 is 0 Å². The van der Waals surface area contributed by atoms with Crippen LogP contribution in [0, 0.1) is 16.0 Å². The van der Waals surface area contributed by atoms with Crippen LogP contribution in [-0.2, 0) is 43.9 Å². The molecule has 2 aliphatic heterocycles. The van der Waals surface area contributed by atoms with Crippen LogP contribution in [0.25, 0.3) is 0 Å². The Balaban J connectivity index is 1.25. The van der Waals surface area contributed by atoms with Gasteiger partial charge in [0.05, 0.1) is 4.92 Å². The first-order valence-electron chi connectivity index (χ1n) is 9.43. The van der Waals surface area contributed by atoms with Gasteiger partial charge < -0.3 is 9.47 Å². The number of amides is 1. The number of carbonyl (C=O) groups is 3. The maximum absolute atomic E-state index is 12.5. The van der Waals surface area contributed by atoms with E-state index in [-0.39, 0.29) is 42.3 Å². The quantitative estimate of drug-likeness (QED) is 0.242. The summed E-state index contributed by atoms with van der Waals surface area (Å²) in [5.74, 6) is -1.78. The number of carbonyl (C=O) groups excluding carboxylic acids is 3. The molecule has 1 aromatic heterocycles. The van der Waals surface area contributed by atoms with Crippen LogP contribution in [-0.4, -0.2) is 54.4 Å². The Bertz CT molecular complexity index is 1110. The molecule has 2 unspecified atom stereocenters. The maximum atomic E-state index is 12.5. The Morgan fingerprint density at radius 1 is 1.25 bits per heavy atom. The molecule has 0 radical (unpaired) electrons. The number of hydrogen-bond donors (Lipinski definition) is 0. The number of thioether (sulfide) groups is 1. The average molecular weight is 459 g/mol. The van der Waals surface area contributed by atoms with Gasteiger partial charge in [0.15, 0.2) is 5.82 Å². The molecule has 1 saturated heterocycles. The van der Waals surface area contributed by atoms with E-state index in [1.807, 2.05) is 0 Å². The van der Waals surface area contributed by atoms with Crippen LogP contribution in [0.3, 0.4) is 0 Å².